The average molecular weight is 293 g/mol. The summed E-state index contributed by atoms with van der Waals surface area (Å²) in [7, 11) is -1.80. The summed E-state index contributed by atoms with van der Waals surface area (Å²) in [6, 6.07) is 0. The summed E-state index contributed by atoms with van der Waals surface area (Å²) < 4.78 is 25.0. The van der Waals surface area contributed by atoms with Crippen LogP contribution in [0.4, 0.5) is 0 Å². The number of aromatic nitrogens is 1. The fourth-order valence-electron chi connectivity index (χ4n) is 1.36. The van der Waals surface area contributed by atoms with E-state index in [0.717, 1.165) is 0 Å². The third-order valence-corrected chi connectivity index (χ3v) is 5.30. The summed E-state index contributed by atoms with van der Waals surface area (Å²) in [4.78, 5) is 4.55. The molecule has 18 heavy (non-hydrogen) atoms. The van der Waals surface area contributed by atoms with E-state index in [1.54, 1.807) is 40.1 Å². The molecule has 1 aromatic rings. The SMILES string of the molecule is CN=c1scc(P(=O)(OC(C)C)OC(C)C)n1N. The predicted octanol–water partition coefficient (Wildman–Crippen LogP) is 1.46. The lowest BCUT2D eigenvalue weighted by Gasteiger charge is -2.22. The first kappa shape index (κ1) is 15.4. The normalized spacial score (nSPS) is 13.8. The van der Waals surface area contributed by atoms with Gasteiger partial charge in [-0.3, -0.25) is 9.56 Å². The van der Waals surface area contributed by atoms with Gasteiger partial charge in [-0.2, -0.15) is 0 Å². The van der Waals surface area contributed by atoms with Crippen LogP contribution in [-0.2, 0) is 13.6 Å². The minimum atomic E-state index is -3.43. The highest BCUT2D eigenvalue weighted by molar-refractivity contribution is 7.62. The van der Waals surface area contributed by atoms with Crippen LogP contribution in [-0.4, -0.2) is 23.9 Å². The van der Waals surface area contributed by atoms with Crippen LogP contribution in [0.15, 0.2) is 10.4 Å². The summed E-state index contributed by atoms with van der Waals surface area (Å²) in [5.41, 5.74) is 0.329. The Bertz CT molecular complexity index is 493. The third kappa shape index (κ3) is 3.45. The molecule has 0 spiro atoms. The number of nitrogen functional groups attached to an aromatic ring is 1. The summed E-state index contributed by atoms with van der Waals surface area (Å²) in [5.74, 6) is 5.85. The van der Waals surface area contributed by atoms with Crippen molar-refractivity contribution < 1.29 is 13.6 Å². The van der Waals surface area contributed by atoms with Gasteiger partial charge in [-0.1, -0.05) is 0 Å². The Hall–Kier alpha value is -0.620. The molecule has 0 aliphatic heterocycles. The number of nitrogens with zero attached hydrogens (tertiary/aromatic N) is 2. The van der Waals surface area contributed by atoms with Gasteiger partial charge in [0.2, 0.25) is 4.80 Å². The molecule has 8 heteroatoms. The number of rotatable bonds is 5. The van der Waals surface area contributed by atoms with Crippen LogP contribution in [0.3, 0.4) is 0 Å². The van der Waals surface area contributed by atoms with Gasteiger partial charge in [0.1, 0.15) is 0 Å². The second-order valence-corrected chi connectivity index (χ2v) is 6.99. The summed E-state index contributed by atoms with van der Waals surface area (Å²) in [6.45, 7) is 7.20. The molecule has 1 rings (SSSR count). The summed E-state index contributed by atoms with van der Waals surface area (Å²) in [5, 5.41) is 1.66. The van der Waals surface area contributed by atoms with Gasteiger partial charge in [-0.25, -0.2) is 4.68 Å². The molecule has 6 nitrogen and oxygen atoms in total. The van der Waals surface area contributed by atoms with Crippen LogP contribution in [0.1, 0.15) is 27.7 Å². The molecular weight excluding hydrogens is 273 g/mol. The minimum Gasteiger partial charge on any atom is -0.336 e. The zero-order valence-corrected chi connectivity index (χ0v) is 13.0. The van der Waals surface area contributed by atoms with Gasteiger partial charge in [0.05, 0.1) is 12.2 Å². The topological polar surface area (TPSA) is 78.8 Å². The van der Waals surface area contributed by atoms with Gasteiger partial charge in [0, 0.05) is 12.4 Å². The smallest absolute Gasteiger partial charge is 0.336 e. The molecule has 0 aliphatic carbocycles. The van der Waals surface area contributed by atoms with E-state index in [1.165, 1.54) is 16.0 Å². The summed E-state index contributed by atoms with van der Waals surface area (Å²) in [6.07, 6.45) is -0.451. The van der Waals surface area contributed by atoms with Crippen molar-refractivity contribution in [2.75, 3.05) is 12.9 Å². The first-order valence-electron chi connectivity index (χ1n) is 5.66. The monoisotopic (exact) mass is 293 g/mol. The van der Waals surface area contributed by atoms with Crippen molar-refractivity contribution in [3.8, 4) is 0 Å². The molecule has 0 saturated carbocycles. The van der Waals surface area contributed by atoms with Gasteiger partial charge in [0.25, 0.3) is 0 Å². The Morgan fingerprint density at radius 3 is 2.17 bits per heavy atom. The second kappa shape index (κ2) is 6.02. The molecule has 0 aromatic carbocycles. The zero-order valence-electron chi connectivity index (χ0n) is 11.3. The van der Waals surface area contributed by atoms with E-state index in [-0.39, 0.29) is 12.2 Å². The molecule has 0 bridgehead atoms. The van der Waals surface area contributed by atoms with Gasteiger partial charge < -0.3 is 14.9 Å². The molecule has 0 fully saturated rings. The van der Waals surface area contributed by atoms with Gasteiger partial charge >= 0.3 is 7.60 Å². The van der Waals surface area contributed by atoms with Crippen LogP contribution in [0.25, 0.3) is 0 Å². The van der Waals surface area contributed by atoms with Crippen LogP contribution >= 0.6 is 18.9 Å². The maximum absolute atomic E-state index is 12.8. The maximum Gasteiger partial charge on any atom is 0.380 e. The molecular formula is C10H20N3O3PS. The lowest BCUT2D eigenvalue weighted by molar-refractivity contribution is 0.149. The minimum absolute atomic E-state index is 0.225. The number of hydrogen-bond donors (Lipinski definition) is 1. The third-order valence-electron chi connectivity index (χ3n) is 1.89. The molecule has 0 amide bonds. The van der Waals surface area contributed by atoms with E-state index in [0.29, 0.717) is 10.2 Å². The van der Waals surface area contributed by atoms with E-state index in [2.05, 4.69) is 4.99 Å². The molecule has 0 saturated heterocycles. The second-order valence-electron chi connectivity index (χ2n) is 4.28. The lowest BCUT2D eigenvalue weighted by atomic mass is 10.5. The Kier molecular flexibility index (Phi) is 5.16. The molecule has 1 aromatic heterocycles. The standard InChI is InChI=1S/C10H20N3O3PS/c1-7(2)15-17(14,16-8(3)4)9-6-18-10(12-5)13(9)11/h6-8H,11H2,1-5H3. The van der Waals surface area contributed by atoms with Crippen molar-refractivity contribution in [1.29, 1.82) is 0 Å². The highest BCUT2D eigenvalue weighted by Crippen LogP contribution is 2.49. The van der Waals surface area contributed by atoms with Crippen LogP contribution < -0.4 is 16.1 Å². The summed E-state index contributed by atoms with van der Waals surface area (Å²) >= 11 is 1.30. The van der Waals surface area contributed by atoms with Crippen molar-refractivity contribution in [3.63, 3.8) is 0 Å². The Morgan fingerprint density at radius 2 is 1.83 bits per heavy atom. The maximum atomic E-state index is 12.8. The lowest BCUT2D eigenvalue weighted by Crippen LogP contribution is -2.35. The van der Waals surface area contributed by atoms with Crippen molar-refractivity contribution in [2.24, 2.45) is 4.99 Å². The quantitative estimate of drug-likeness (QED) is 0.658. The van der Waals surface area contributed by atoms with Crippen LogP contribution in [0.2, 0.25) is 0 Å². The van der Waals surface area contributed by atoms with Crippen molar-refractivity contribution >= 4 is 24.4 Å². The van der Waals surface area contributed by atoms with Gasteiger partial charge in [-0.05, 0) is 27.7 Å². The highest BCUT2D eigenvalue weighted by atomic mass is 32.1. The van der Waals surface area contributed by atoms with Gasteiger partial charge in [0.15, 0.2) is 5.44 Å². The molecule has 0 unspecified atom stereocenters. The highest BCUT2D eigenvalue weighted by Gasteiger charge is 2.34. The number of nitrogens with two attached hydrogens (primary N) is 1. The van der Waals surface area contributed by atoms with Crippen molar-refractivity contribution in [1.82, 2.24) is 4.68 Å². The fourth-order valence-corrected chi connectivity index (χ4v) is 4.48. The largest absolute Gasteiger partial charge is 0.380 e. The number of hydrogen-bond acceptors (Lipinski definition) is 6. The molecule has 0 aliphatic rings. The first-order valence-corrected chi connectivity index (χ1v) is 8.08. The fraction of sp³-hybridized carbons (Fsp3) is 0.700. The van der Waals surface area contributed by atoms with Crippen LogP contribution in [0.5, 0.6) is 0 Å². The molecule has 104 valence electrons. The Balaban J connectivity index is 3.25. The first-order chi connectivity index (χ1) is 8.30. The van der Waals surface area contributed by atoms with Crippen molar-refractivity contribution in [2.45, 2.75) is 39.9 Å². The zero-order chi connectivity index (χ0) is 13.9. The Morgan fingerprint density at radius 1 is 1.33 bits per heavy atom. The van der Waals surface area contributed by atoms with E-state index in [9.17, 15) is 4.57 Å². The predicted molar refractivity (Wildman–Crippen MR) is 73.6 cm³/mol. The molecule has 0 atom stereocenters. The molecule has 1 heterocycles. The molecule has 2 N–H and O–H groups in total. The van der Waals surface area contributed by atoms with E-state index in [1.807, 2.05) is 0 Å². The average Bonchev–Trinajstić information content (AvgIpc) is 2.57. The van der Waals surface area contributed by atoms with E-state index < -0.39 is 7.60 Å². The molecule has 0 radical (unpaired) electrons. The van der Waals surface area contributed by atoms with E-state index >= 15 is 0 Å². The number of thiazole rings is 1. The van der Waals surface area contributed by atoms with Gasteiger partial charge in [-0.15, -0.1) is 11.3 Å². The van der Waals surface area contributed by atoms with Crippen LogP contribution in [0, 0.1) is 0 Å². The van der Waals surface area contributed by atoms with Crippen molar-refractivity contribution in [3.05, 3.63) is 10.2 Å². The Labute approximate surface area is 111 Å². The van der Waals surface area contributed by atoms with E-state index in [4.69, 9.17) is 14.9 Å².